The van der Waals surface area contributed by atoms with Gasteiger partial charge in [0.05, 0.1) is 13.7 Å². The van der Waals surface area contributed by atoms with Crippen molar-refractivity contribution >= 4 is 21.6 Å². The zero-order valence-electron chi connectivity index (χ0n) is 16.4. The Hall–Kier alpha value is -2.42. The molecule has 7 nitrogen and oxygen atoms in total. The molecule has 0 saturated carbocycles. The van der Waals surface area contributed by atoms with Crippen molar-refractivity contribution in [3.63, 3.8) is 0 Å². The Bertz CT molecular complexity index is 1070. The first-order valence-electron chi connectivity index (χ1n) is 9.10. The van der Waals surface area contributed by atoms with E-state index >= 15 is 0 Å². The van der Waals surface area contributed by atoms with Crippen LogP contribution in [0.4, 0.5) is 0 Å². The van der Waals surface area contributed by atoms with E-state index in [4.69, 9.17) is 20.9 Å². The molecule has 29 heavy (non-hydrogen) atoms. The van der Waals surface area contributed by atoms with Gasteiger partial charge in [0, 0.05) is 16.6 Å². The first-order chi connectivity index (χ1) is 13.9. The molecule has 0 saturated heterocycles. The third-order valence-corrected chi connectivity index (χ3v) is 6.80. The van der Waals surface area contributed by atoms with Crippen molar-refractivity contribution in [1.29, 1.82) is 0 Å². The first kappa shape index (κ1) is 21.3. The van der Waals surface area contributed by atoms with Crippen LogP contribution in [0.15, 0.2) is 57.9 Å². The van der Waals surface area contributed by atoms with E-state index in [1.807, 2.05) is 44.2 Å². The molecule has 0 N–H and O–H groups in total. The molecule has 0 aliphatic carbocycles. The highest BCUT2D eigenvalue weighted by Gasteiger charge is 2.33. The minimum atomic E-state index is -3.94. The summed E-state index contributed by atoms with van der Waals surface area (Å²) < 4.78 is 38.8. The molecule has 1 heterocycles. The van der Waals surface area contributed by atoms with Crippen molar-refractivity contribution < 1.29 is 17.7 Å². The second kappa shape index (κ2) is 8.94. The molecule has 9 heteroatoms. The highest BCUT2D eigenvalue weighted by Crippen LogP contribution is 2.32. The van der Waals surface area contributed by atoms with Gasteiger partial charge in [0.15, 0.2) is 0 Å². The van der Waals surface area contributed by atoms with Gasteiger partial charge in [-0.15, -0.1) is 0 Å². The van der Waals surface area contributed by atoms with Gasteiger partial charge in [0.25, 0.3) is 0 Å². The third-order valence-electron chi connectivity index (χ3n) is 4.59. The maximum atomic E-state index is 13.4. The van der Waals surface area contributed by atoms with E-state index in [1.165, 1.54) is 23.5 Å². The van der Waals surface area contributed by atoms with E-state index in [1.54, 1.807) is 6.07 Å². The molecular formula is C20H22ClN3O4S. The van der Waals surface area contributed by atoms with Crippen LogP contribution in [0, 0.1) is 0 Å². The van der Waals surface area contributed by atoms with Crippen LogP contribution in [0.3, 0.4) is 0 Å². The molecule has 3 rings (SSSR count). The van der Waals surface area contributed by atoms with Crippen LogP contribution >= 0.6 is 11.6 Å². The van der Waals surface area contributed by atoms with E-state index < -0.39 is 10.0 Å². The fraction of sp³-hybridized carbons (Fsp3) is 0.300. The highest BCUT2D eigenvalue weighted by atomic mass is 35.5. The van der Waals surface area contributed by atoms with E-state index in [2.05, 4.69) is 10.1 Å². The molecular weight excluding hydrogens is 414 g/mol. The SMILES string of the molecule is CC[C@H](C)N(Cc1nc(-c2ccccc2)no1)S(=O)(=O)c1cc(Cl)ccc1OC. The topological polar surface area (TPSA) is 85.5 Å². The van der Waals surface area contributed by atoms with Crippen LogP contribution in [0.1, 0.15) is 26.2 Å². The number of hydrogen-bond donors (Lipinski definition) is 0. The standard InChI is InChI=1S/C20H22ClN3O4S/c1-4-14(2)24(29(25,26)18-12-16(21)10-11-17(18)27-3)13-19-22-20(23-28-19)15-8-6-5-7-9-15/h5-12,14H,4,13H2,1-3H3/t14-/m0/s1. The number of ether oxygens (including phenoxy) is 1. The van der Waals surface area contributed by atoms with E-state index in [-0.39, 0.29) is 29.1 Å². The summed E-state index contributed by atoms with van der Waals surface area (Å²) >= 11 is 6.05. The van der Waals surface area contributed by atoms with Crippen molar-refractivity contribution in [2.45, 2.75) is 37.8 Å². The fourth-order valence-electron chi connectivity index (χ4n) is 2.82. The smallest absolute Gasteiger partial charge is 0.247 e. The van der Waals surface area contributed by atoms with Crippen LogP contribution in [0.25, 0.3) is 11.4 Å². The highest BCUT2D eigenvalue weighted by molar-refractivity contribution is 7.89. The van der Waals surface area contributed by atoms with Gasteiger partial charge in [-0.25, -0.2) is 8.42 Å². The molecule has 2 aromatic carbocycles. The predicted octanol–water partition coefficient (Wildman–Crippen LogP) is 4.39. The molecule has 0 spiro atoms. The lowest BCUT2D eigenvalue weighted by molar-refractivity contribution is 0.271. The van der Waals surface area contributed by atoms with E-state index in [0.29, 0.717) is 17.3 Å². The fourth-order valence-corrected chi connectivity index (χ4v) is 4.89. The van der Waals surface area contributed by atoms with Gasteiger partial charge in [-0.2, -0.15) is 9.29 Å². The number of sulfonamides is 1. The van der Waals surface area contributed by atoms with Crippen molar-refractivity contribution in [2.75, 3.05) is 7.11 Å². The van der Waals surface area contributed by atoms with Gasteiger partial charge in [-0.3, -0.25) is 0 Å². The van der Waals surface area contributed by atoms with Gasteiger partial charge in [-0.1, -0.05) is 54.0 Å². The van der Waals surface area contributed by atoms with Crippen molar-refractivity contribution in [1.82, 2.24) is 14.4 Å². The molecule has 154 valence electrons. The van der Waals surface area contributed by atoms with Gasteiger partial charge in [0.2, 0.25) is 21.7 Å². The van der Waals surface area contributed by atoms with Crippen LogP contribution in [-0.4, -0.2) is 36.0 Å². The molecule has 1 atom stereocenters. The van der Waals surface area contributed by atoms with E-state index in [9.17, 15) is 8.42 Å². The summed E-state index contributed by atoms with van der Waals surface area (Å²) in [7, 11) is -2.52. The second-order valence-electron chi connectivity index (χ2n) is 6.48. The van der Waals surface area contributed by atoms with Gasteiger partial charge in [-0.05, 0) is 31.5 Å². The summed E-state index contributed by atoms with van der Waals surface area (Å²) in [5, 5.41) is 4.28. The molecule has 0 aliphatic heterocycles. The Morgan fingerprint density at radius 3 is 2.59 bits per heavy atom. The Morgan fingerprint density at radius 1 is 1.21 bits per heavy atom. The largest absolute Gasteiger partial charge is 0.495 e. The molecule has 3 aromatic rings. The number of benzene rings is 2. The number of nitrogens with zero attached hydrogens (tertiary/aromatic N) is 3. The Balaban J connectivity index is 1.97. The molecule has 0 radical (unpaired) electrons. The van der Waals surface area contributed by atoms with Gasteiger partial charge < -0.3 is 9.26 Å². The van der Waals surface area contributed by atoms with Crippen molar-refractivity contribution in [3.8, 4) is 17.1 Å². The average Bonchev–Trinajstić information content (AvgIpc) is 3.21. The summed E-state index contributed by atoms with van der Waals surface area (Å²) in [6, 6.07) is 13.5. The number of methoxy groups -OCH3 is 1. The molecule has 0 aliphatic rings. The molecule has 1 aromatic heterocycles. The van der Waals surface area contributed by atoms with Crippen molar-refractivity contribution in [2.24, 2.45) is 0 Å². The first-order valence-corrected chi connectivity index (χ1v) is 10.9. The summed E-state index contributed by atoms with van der Waals surface area (Å²) in [6.45, 7) is 3.67. The van der Waals surface area contributed by atoms with Gasteiger partial charge >= 0.3 is 0 Å². The number of hydrogen-bond acceptors (Lipinski definition) is 6. The van der Waals surface area contributed by atoms with Crippen LogP contribution in [0.2, 0.25) is 5.02 Å². The monoisotopic (exact) mass is 435 g/mol. The lowest BCUT2D eigenvalue weighted by Crippen LogP contribution is -2.38. The maximum Gasteiger partial charge on any atom is 0.247 e. The van der Waals surface area contributed by atoms with Crippen LogP contribution < -0.4 is 4.74 Å². The molecule has 0 unspecified atom stereocenters. The minimum Gasteiger partial charge on any atom is -0.495 e. The van der Waals surface area contributed by atoms with Crippen molar-refractivity contribution in [3.05, 3.63) is 59.4 Å². The Labute approximate surface area is 175 Å². The lowest BCUT2D eigenvalue weighted by Gasteiger charge is -2.27. The third kappa shape index (κ3) is 4.60. The summed E-state index contributed by atoms with van der Waals surface area (Å²) in [5.74, 6) is 0.828. The average molecular weight is 436 g/mol. The maximum absolute atomic E-state index is 13.4. The number of halogens is 1. The van der Waals surface area contributed by atoms with Gasteiger partial charge in [0.1, 0.15) is 10.6 Å². The summed E-state index contributed by atoms with van der Waals surface area (Å²) in [5.41, 5.74) is 0.789. The molecule has 0 amide bonds. The Kier molecular flexibility index (Phi) is 6.56. The molecule has 0 fully saturated rings. The van der Waals surface area contributed by atoms with Crippen LogP contribution in [-0.2, 0) is 16.6 Å². The zero-order chi connectivity index (χ0) is 21.0. The number of aromatic nitrogens is 2. The second-order valence-corrected chi connectivity index (χ2v) is 8.78. The zero-order valence-corrected chi connectivity index (χ0v) is 17.9. The lowest BCUT2D eigenvalue weighted by atomic mass is 10.2. The summed E-state index contributed by atoms with van der Waals surface area (Å²) in [6.07, 6.45) is 0.599. The number of rotatable bonds is 8. The predicted molar refractivity (Wildman–Crippen MR) is 110 cm³/mol. The Morgan fingerprint density at radius 2 is 1.93 bits per heavy atom. The van der Waals surface area contributed by atoms with Crippen LogP contribution in [0.5, 0.6) is 5.75 Å². The molecule has 0 bridgehead atoms. The summed E-state index contributed by atoms with van der Waals surface area (Å²) in [4.78, 5) is 4.36. The quantitative estimate of drug-likeness (QED) is 0.521. The normalized spacial score (nSPS) is 12.9. The van der Waals surface area contributed by atoms with E-state index in [0.717, 1.165) is 5.56 Å². The minimum absolute atomic E-state index is 0.00408.